The Morgan fingerprint density at radius 3 is 2.72 bits per heavy atom. The van der Waals surface area contributed by atoms with Gasteiger partial charge in [0.05, 0.1) is 11.4 Å². The quantitative estimate of drug-likeness (QED) is 0.790. The van der Waals surface area contributed by atoms with Gasteiger partial charge in [0, 0.05) is 13.5 Å². The largest absolute Gasteiger partial charge is 0.442 e. The number of hydrogen-bond donors (Lipinski definition) is 2. The van der Waals surface area contributed by atoms with Crippen LogP contribution in [0.4, 0.5) is 5.69 Å². The average molecular weight is 273 g/mol. The van der Waals surface area contributed by atoms with Crippen molar-refractivity contribution >= 4 is 15.8 Å². The Morgan fingerprint density at radius 1 is 1.39 bits per heavy atom. The molecule has 1 heterocycles. The molecule has 1 aliphatic heterocycles. The molecule has 0 radical (unpaired) electrons. The zero-order valence-electron chi connectivity index (χ0n) is 9.91. The van der Waals surface area contributed by atoms with E-state index < -0.39 is 16.0 Å². The van der Waals surface area contributed by atoms with Crippen molar-refractivity contribution in [1.82, 2.24) is 0 Å². The predicted octanol–water partition coefficient (Wildman–Crippen LogP) is 0.829. The van der Waals surface area contributed by atoms with Crippen molar-refractivity contribution in [1.29, 1.82) is 0 Å². The number of benzene rings is 1. The molecule has 1 aliphatic rings. The summed E-state index contributed by atoms with van der Waals surface area (Å²) in [6.45, 7) is 1.75. The van der Waals surface area contributed by atoms with E-state index in [4.69, 9.17) is 9.29 Å². The van der Waals surface area contributed by atoms with Crippen molar-refractivity contribution in [3.8, 4) is 5.75 Å². The van der Waals surface area contributed by atoms with E-state index in [0.29, 0.717) is 11.4 Å². The van der Waals surface area contributed by atoms with Crippen LogP contribution in [0.15, 0.2) is 24.3 Å². The molecule has 0 aromatic heterocycles. The van der Waals surface area contributed by atoms with E-state index in [1.807, 2.05) is 0 Å². The van der Waals surface area contributed by atoms with Crippen LogP contribution in [0.5, 0.6) is 5.75 Å². The van der Waals surface area contributed by atoms with Gasteiger partial charge in [0.25, 0.3) is 16.0 Å². The fourth-order valence-corrected chi connectivity index (χ4v) is 2.48. The molecule has 100 valence electrons. The zero-order valence-corrected chi connectivity index (χ0v) is 10.7. The van der Waals surface area contributed by atoms with Gasteiger partial charge in [0.15, 0.2) is 0 Å². The van der Waals surface area contributed by atoms with Gasteiger partial charge in [-0.1, -0.05) is 12.1 Å². The van der Waals surface area contributed by atoms with Gasteiger partial charge in [-0.25, -0.2) is 0 Å². The van der Waals surface area contributed by atoms with E-state index >= 15 is 0 Å². The van der Waals surface area contributed by atoms with Gasteiger partial charge in [-0.05, 0) is 18.6 Å². The van der Waals surface area contributed by atoms with Crippen LogP contribution in [0.25, 0.3) is 0 Å². The van der Waals surface area contributed by atoms with E-state index in [1.54, 1.807) is 29.2 Å². The molecule has 0 fully saturated rings. The number of nitrogens with zero attached hydrogens (tertiary/aromatic N) is 1. The molecule has 2 N–H and O–H groups in total. The summed E-state index contributed by atoms with van der Waals surface area (Å²) in [6, 6.07) is 7.10. The summed E-state index contributed by atoms with van der Waals surface area (Å²) >= 11 is 0. The third-order valence-electron chi connectivity index (χ3n) is 2.74. The highest BCUT2D eigenvalue weighted by Gasteiger charge is 2.39. The summed E-state index contributed by atoms with van der Waals surface area (Å²) in [5.74, 6) is -1.29. The normalized spacial score (nSPS) is 22.7. The van der Waals surface area contributed by atoms with Gasteiger partial charge in [-0.15, -0.1) is 0 Å². The molecule has 0 bridgehead atoms. The monoisotopic (exact) mass is 273 g/mol. The van der Waals surface area contributed by atoms with Crippen molar-refractivity contribution in [2.75, 3.05) is 17.2 Å². The van der Waals surface area contributed by atoms with Crippen LogP contribution in [-0.2, 0) is 10.1 Å². The molecule has 6 nitrogen and oxygen atoms in total. The maximum absolute atomic E-state index is 10.7. The maximum atomic E-state index is 10.7. The highest BCUT2D eigenvalue weighted by Crippen LogP contribution is 2.40. The first kappa shape index (κ1) is 13.1. The maximum Gasteiger partial charge on any atom is 0.289 e. The number of fused-ring (bicyclic) bond motifs is 1. The van der Waals surface area contributed by atoms with Gasteiger partial charge in [0.1, 0.15) is 5.75 Å². The van der Waals surface area contributed by atoms with Crippen LogP contribution in [-0.4, -0.2) is 36.3 Å². The van der Waals surface area contributed by atoms with Gasteiger partial charge in [-0.3, -0.25) is 4.55 Å². The lowest BCUT2D eigenvalue weighted by atomic mass is 10.2. The fraction of sp³-hybridized carbons (Fsp3) is 0.455. The summed E-state index contributed by atoms with van der Waals surface area (Å²) < 4.78 is 35.3. The summed E-state index contributed by atoms with van der Waals surface area (Å²) in [4.78, 5) is 1.56. The minimum Gasteiger partial charge on any atom is -0.442 e. The van der Waals surface area contributed by atoms with Crippen LogP contribution in [0.3, 0.4) is 0 Å². The first-order chi connectivity index (χ1) is 8.30. The van der Waals surface area contributed by atoms with E-state index in [9.17, 15) is 13.5 Å². The lowest BCUT2D eigenvalue weighted by molar-refractivity contribution is -0.107. The second kappa shape index (κ2) is 4.42. The van der Waals surface area contributed by atoms with E-state index in [-0.39, 0.29) is 18.7 Å². The molecule has 1 aromatic rings. The lowest BCUT2D eigenvalue weighted by Gasteiger charge is -2.29. The number of rotatable bonds is 4. The van der Waals surface area contributed by atoms with E-state index in [0.717, 1.165) is 0 Å². The average Bonchev–Trinajstić information content (AvgIpc) is 2.48. The van der Waals surface area contributed by atoms with Crippen LogP contribution in [0.2, 0.25) is 0 Å². The topological polar surface area (TPSA) is 87.1 Å². The standard InChI is InChI=1S/C11H15NO5S/c1-11(13)12(7-4-8-18(14,15)16)9-5-2-3-6-10(9)17-11/h2-3,5-6,13H,4,7-8H2,1H3,(H,14,15,16). The summed E-state index contributed by atoms with van der Waals surface area (Å²) in [5.41, 5.74) is 0.706. The van der Waals surface area contributed by atoms with Crippen molar-refractivity contribution in [2.45, 2.75) is 19.3 Å². The Labute approximate surface area is 106 Å². The predicted molar refractivity (Wildman–Crippen MR) is 66.1 cm³/mol. The fourth-order valence-electron chi connectivity index (χ4n) is 1.99. The van der Waals surface area contributed by atoms with Crippen LogP contribution in [0.1, 0.15) is 13.3 Å². The number of hydrogen-bond acceptors (Lipinski definition) is 5. The molecule has 0 amide bonds. The molecule has 0 aliphatic carbocycles. The molecule has 7 heteroatoms. The van der Waals surface area contributed by atoms with Gasteiger partial charge in [0.2, 0.25) is 0 Å². The van der Waals surface area contributed by atoms with Crippen molar-refractivity contribution in [3.63, 3.8) is 0 Å². The van der Waals surface area contributed by atoms with Crippen molar-refractivity contribution < 1.29 is 22.8 Å². The molecule has 0 saturated heterocycles. The Hall–Kier alpha value is -1.31. The third kappa shape index (κ3) is 2.74. The molecule has 1 atom stereocenters. The first-order valence-electron chi connectivity index (χ1n) is 5.53. The van der Waals surface area contributed by atoms with Crippen LogP contribution < -0.4 is 9.64 Å². The lowest BCUT2D eigenvalue weighted by Crippen LogP contribution is -2.47. The SMILES string of the molecule is CC1(O)Oc2ccccc2N1CCCS(=O)(=O)O. The molecule has 2 rings (SSSR count). The molecule has 0 saturated carbocycles. The molecule has 18 heavy (non-hydrogen) atoms. The van der Waals surface area contributed by atoms with E-state index in [2.05, 4.69) is 0 Å². The van der Waals surface area contributed by atoms with Crippen molar-refractivity contribution in [2.24, 2.45) is 0 Å². The molecular formula is C11H15NO5S. The summed E-state index contributed by atoms with van der Waals surface area (Å²) in [6.07, 6.45) is 0.201. The zero-order chi connectivity index (χ0) is 13.4. The third-order valence-corrected chi connectivity index (χ3v) is 3.55. The van der Waals surface area contributed by atoms with Gasteiger partial charge < -0.3 is 14.7 Å². The second-order valence-electron chi connectivity index (χ2n) is 4.29. The summed E-state index contributed by atoms with van der Waals surface area (Å²) in [5, 5.41) is 10.1. The minimum atomic E-state index is -3.98. The second-order valence-corrected chi connectivity index (χ2v) is 5.87. The number of anilines is 1. The smallest absolute Gasteiger partial charge is 0.289 e. The molecular weight excluding hydrogens is 258 g/mol. The summed E-state index contributed by atoms with van der Waals surface area (Å²) in [7, 11) is -3.98. The molecule has 1 aromatic carbocycles. The number of ether oxygens (including phenoxy) is 1. The highest BCUT2D eigenvalue weighted by molar-refractivity contribution is 7.85. The first-order valence-corrected chi connectivity index (χ1v) is 7.14. The highest BCUT2D eigenvalue weighted by atomic mass is 32.2. The Balaban J connectivity index is 2.11. The Morgan fingerprint density at radius 2 is 2.06 bits per heavy atom. The number of para-hydroxylation sites is 2. The van der Waals surface area contributed by atoms with Crippen LogP contribution >= 0.6 is 0 Å². The van der Waals surface area contributed by atoms with E-state index in [1.165, 1.54) is 6.92 Å². The van der Waals surface area contributed by atoms with Gasteiger partial charge in [-0.2, -0.15) is 8.42 Å². The Kier molecular flexibility index (Phi) is 3.22. The number of aliphatic hydroxyl groups is 1. The minimum absolute atomic E-state index is 0.201. The molecule has 1 unspecified atom stereocenters. The van der Waals surface area contributed by atoms with Crippen molar-refractivity contribution in [3.05, 3.63) is 24.3 Å². The Bertz CT molecular complexity index is 540. The molecule has 0 spiro atoms. The van der Waals surface area contributed by atoms with Crippen LogP contribution in [0, 0.1) is 0 Å². The van der Waals surface area contributed by atoms with Gasteiger partial charge >= 0.3 is 0 Å².